The van der Waals surface area contributed by atoms with Crippen molar-refractivity contribution >= 4 is 5.91 Å². The second kappa shape index (κ2) is 11.9. The molecule has 0 bridgehead atoms. The zero-order valence-corrected chi connectivity index (χ0v) is 14.6. The van der Waals surface area contributed by atoms with Crippen LogP contribution < -0.4 is 10.1 Å². The highest BCUT2D eigenvalue weighted by atomic mass is 16.5. The van der Waals surface area contributed by atoms with Gasteiger partial charge in [-0.1, -0.05) is 12.1 Å². The van der Waals surface area contributed by atoms with Crippen LogP contribution in [0.4, 0.5) is 0 Å². The first kappa shape index (κ1) is 19.5. The molecule has 1 aliphatic heterocycles. The minimum atomic E-state index is 0.280. The highest BCUT2D eigenvalue weighted by Crippen LogP contribution is 2.15. The smallest absolute Gasteiger partial charge is 0.222 e. The predicted molar refractivity (Wildman–Crippen MR) is 92.9 cm³/mol. The van der Waals surface area contributed by atoms with E-state index in [1.165, 1.54) is 5.56 Å². The summed E-state index contributed by atoms with van der Waals surface area (Å²) in [6.45, 7) is 3.02. The molecule has 1 N–H and O–H groups in total. The lowest BCUT2D eigenvalue weighted by Crippen LogP contribution is -2.27. The van der Waals surface area contributed by atoms with Crippen LogP contribution >= 0.6 is 0 Å². The van der Waals surface area contributed by atoms with Gasteiger partial charge in [0.1, 0.15) is 12.4 Å². The fourth-order valence-corrected chi connectivity index (χ4v) is 2.37. The number of aryl methyl sites for hydroxylation is 1. The van der Waals surface area contributed by atoms with Gasteiger partial charge in [-0.25, -0.2) is 0 Å². The molecule has 0 saturated carbocycles. The van der Waals surface area contributed by atoms with Crippen molar-refractivity contribution in [3.8, 4) is 5.75 Å². The molecule has 23 heavy (non-hydrogen) atoms. The second-order valence-corrected chi connectivity index (χ2v) is 5.57. The molecule has 1 aromatic carbocycles. The van der Waals surface area contributed by atoms with E-state index in [4.69, 9.17) is 9.47 Å². The van der Waals surface area contributed by atoms with E-state index in [1.807, 2.05) is 43.3 Å². The van der Waals surface area contributed by atoms with Crippen LogP contribution in [-0.2, 0) is 16.0 Å². The summed E-state index contributed by atoms with van der Waals surface area (Å²) in [6, 6.07) is 7.95. The molecule has 1 aliphatic rings. The summed E-state index contributed by atoms with van der Waals surface area (Å²) in [4.78, 5) is 13.9. The van der Waals surface area contributed by atoms with Crippen LogP contribution in [0.3, 0.4) is 0 Å². The second-order valence-electron chi connectivity index (χ2n) is 5.57. The first-order valence-corrected chi connectivity index (χ1v) is 8.28. The van der Waals surface area contributed by atoms with E-state index in [-0.39, 0.29) is 5.91 Å². The molecule has 1 saturated heterocycles. The number of likely N-dealkylation sites (tertiary alicyclic amines) is 1. The molecule has 1 amide bonds. The quantitative estimate of drug-likeness (QED) is 0.781. The minimum absolute atomic E-state index is 0.280. The highest BCUT2D eigenvalue weighted by Gasteiger charge is 2.17. The molecule has 0 aromatic heterocycles. The number of rotatable bonds is 7. The Labute approximate surface area is 140 Å². The molecule has 0 radical (unpaired) electrons. The zero-order chi connectivity index (χ0) is 16.9. The number of nitrogens with zero attached hydrogens (tertiary/aromatic N) is 1. The number of ether oxygens (including phenoxy) is 2. The molecule has 5 nitrogen and oxygen atoms in total. The predicted octanol–water partition coefficient (Wildman–Crippen LogP) is 2.10. The van der Waals surface area contributed by atoms with E-state index in [0.717, 1.165) is 38.1 Å². The zero-order valence-electron chi connectivity index (χ0n) is 14.6. The molecule has 0 unspecified atom stereocenters. The number of amides is 1. The van der Waals surface area contributed by atoms with Gasteiger partial charge in [-0.3, -0.25) is 4.79 Å². The molecule has 0 aliphatic carbocycles. The first-order valence-electron chi connectivity index (χ1n) is 8.28. The monoisotopic (exact) mass is 322 g/mol. The van der Waals surface area contributed by atoms with Gasteiger partial charge < -0.3 is 19.7 Å². The third kappa shape index (κ3) is 8.00. The maximum absolute atomic E-state index is 11.9. The lowest BCUT2D eigenvalue weighted by atomic mass is 10.1. The summed E-state index contributed by atoms with van der Waals surface area (Å²) in [6.07, 6.45) is 3.70. The van der Waals surface area contributed by atoms with Gasteiger partial charge in [0.05, 0.1) is 6.61 Å². The van der Waals surface area contributed by atoms with Crippen molar-refractivity contribution in [1.29, 1.82) is 0 Å². The molecule has 0 atom stereocenters. The number of benzene rings is 1. The van der Waals surface area contributed by atoms with Crippen molar-refractivity contribution in [3.63, 3.8) is 0 Å². The van der Waals surface area contributed by atoms with Crippen molar-refractivity contribution in [2.45, 2.75) is 25.7 Å². The van der Waals surface area contributed by atoms with Gasteiger partial charge in [0.15, 0.2) is 0 Å². The van der Waals surface area contributed by atoms with Gasteiger partial charge in [0, 0.05) is 26.6 Å². The van der Waals surface area contributed by atoms with E-state index in [9.17, 15) is 4.79 Å². The number of nitrogens with one attached hydrogen (secondary N) is 1. The Morgan fingerprint density at radius 3 is 2.30 bits per heavy atom. The Hall–Kier alpha value is -1.59. The Bertz CT molecular complexity index is 428. The first-order chi connectivity index (χ1) is 11.2. The average Bonchev–Trinajstić information content (AvgIpc) is 3.09. The lowest BCUT2D eigenvalue weighted by Gasteiger charge is -2.15. The van der Waals surface area contributed by atoms with E-state index < -0.39 is 0 Å². The summed E-state index contributed by atoms with van der Waals surface area (Å²) in [7, 11) is 5.41. The highest BCUT2D eigenvalue weighted by molar-refractivity contribution is 5.76. The Morgan fingerprint density at radius 1 is 1.13 bits per heavy atom. The Kier molecular flexibility index (Phi) is 10.1. The number of carbonyl (C=O) groups excluding carboxylic acids is 1. The van der Waals surface area contributed by atoms with Crippen LogP contribution in [0.25, 0.3) is 0 Å². The molecule has 1 heterocycles. The minimum Gasteiger partial charge on any atom is -0.491 e. The van der Waals surface area contributed by atoms with Crippen molar-refractivity contribution in [2.24, 2.45) is 0 Å². The summed E-state index contributed by atoms with van der Waals surface area (Å²) < 4.78 is 10.4. The van der Waals surface area contributed by atoms with E-state index >= 15 is 0 Å². The molecule has 2 rings (SSSR count). The van der Waals surface area contributed by atoms with E-state index in [0.29, 0.717) is 19.6 Å². The topological polar surface area (TPSA) is 50.8 Å². The number of methoxy groups -OCH3 is 1. The molecular formula is C18H30N2O3. The van der Waals surface area contributed by atoms with Gasteiger partial charge in [-0.2, -0.15) is 0 Å². The fourth-order valence-electron chi connectivity index (χ4n) is 2.37. The molecular weight excluding hydrogens is 292 g/mol. The van der Waals surface area contributed by atoms with Gasteiger partial charge in [0.25, 0.3) is 0 Å². The van der Waals surface area contributed by atoms with Crippen LogP contribution in [0.1, 0.15) is 24.8 Å². The summed E-state index contributed by atoms with van der Waals surface area (Å²) in [5.41, 5.74) is 1.18. The van der Waals surface area contributed by atoms with Crippen LogP contribution in [-0.4, -0.2) is 58.3 Å². The van der Waals surface area contributed by atoms with Crippen molar-refractivity contribution in [2.75, 3.05) is 47.5 Å². The van der Waals surface area contributed by atoms with E-state index in [2.05, 4.69) is 5.32 Å². The third-order valence-electron chi connectivity index (χ3n) is 3.57. The average molecular weight is 322 g/mol. The number of hydrogen-bond acceptors (Lipinski definition) is 4. The molecule has 1 aromatic rings. The molecule has 0 spiro atoms. The maximum Gasteiger partial charge on any atom is 0.222 e. The molecule has 5 heteroatoms. The fraction of sp³-hybridized carbons (Fsp3) is 0.611. The van der Waals surface area contributed by atoms with Gasteiger partial charge in [-0.05, 0) is 51.1 Å². The number of carbonyl (C=O) groups is 1. The summed E-state index contributed by atoms with van der Waals surface area (Å²) in [5, 5.41) is 2.75. The standard InChI is InChI=1S/C16H23NO3.C2H7N/c1-19-12-13-20-15-7-4-14(5-8-15)6-9-16(18)17-10-2-3-11-17;1-3-2/h4-5,7-8H,2-3,6,9-13H2,1H3;3H,1-2H3. The van der Waals surface area contributed by atoms with Crippen LogP contribution in [0.2, 0.25) is 0 Å². The normalized spacial score (nSPS) is 13.4. The van der Waals surface area contributed by atoms with Crippen molar-refractivity contribution in [1.82, 2.24) is 10.2 Å². The Morgan fingerprint density at radius 2 is 1.74 bits per heavy atom. The third-order valence-corrected chi connectivity index (χ3v) is 3.57. The largest absolute Gasteiger partial charge is 0.491 e. The van der Waals surface area contributed by atoms with Crippen LogP contribution in [0.5, 0.6) is 5.75 Å². The van der Waals surface area contributed by atoms with Gasteiger partial charge >= 0.3 is 0 Å². The van der Waals surface area contributed by atoms with Crippen molar-refractivity contribution < 1.29 is 14.3 Å². The van der Waals surface area contributed by atoms with Crippen molar-refractivity contribution in [3.05, 3.63) is 29.8 Å². The summed E-state index contributed by atoms with van der Waals surface area (Å²) >= 11 is 0. The summed E-state index contributed by atoms with van der Waals surface area (Å²) in [5.74, 6) is 1.12. The molecule has 1 fully saturated rings. The Balaban J connectivity index is 0.000000816. The lowest BCUT2D eigenvalue weighted by molar-refractivity contribution is -0.130. The van der Waals surface area contributed by atoms with Crippen LogP contribution in [0, 0.1) is 0 Å². The maximum atomic E-state index is 11.9. The van der Waals surface area contributed by atoms with Gasteiger partial charge in [-0.15, -0.1) is 0 Å². The molecule has 130 valence electrons. The number of hydrogen-bond donors (Lipinski definition) is 1. The van der Waals surface area contributed by atoms with Crippen LogP contribution in [0.15, 0.2) is 24.3 Å². The SMILES string of the molecule is CNC.COCCOc1ccc(CCC(=O)N2CCCC2)cc1. The van der Waals surface area contributed by atoms with Gasteiger partial charge in [0.2, 0.25) is 5.91 Å². The van der Waals surface area contributed by atoms with E-state index in [1.54, 1.807) is 7.11 Å².